The number of aromatic nitrogens is 2. The van der Waals surface area contributed by atoms with Crippen LogP contribution in [0.15, 0.2) is 24.3 Å². The van der Waals surface area contributed by atoms with E-state index in [-0.39, 0.29) is 0 Å². The standard InChI is InChI=1S/C16H19ClIN3/c1-3-5-13-15(18)16(19-4-2)21-14(20-13)10-11-6-8-12(17)9-7-11/h6-9H,3-5,10H2,1-2H3,(H,19,20,21). The van der Waals surface area contributed by atoms with E-state index in [1.54, 1.807) is 0 Å². The maximum atomic E-state index is 5.93. The predicted molar refractivity (Wildman–Crippen MR) is 97.2 cm³/mol. The van der Waals surface area contributed by atoms with Gasteiger partial charge in [0.15, 0.2) is 0 Å². The molecule has 0 atom stereocenters. The molecule has 0 fully saturated rings. The van der Waals surface area contributed by atoms with Gasteiger partial charge in [-0.1, -0.05) is 37.1 Å². The van der Waals surface area contributed by atoms with Gasteiger partial charge >= 0.3 is 0 Å². The molecule has 2 rings (SSSR count). The Morgan fingerprint density at radius 1 is 1.14 bits per heavy atom. The number of aryl methyl sites for hydroxylation is 1. The van der Waals surface area contributed by atoms with Crippen molar-refractivity contribution in [3.05, 3.63) is 49.9 Å². The lowest BCUT2D eigenvalue weighted by atomic mass is 10.1. The molecule has 0 saturated heterocycles. The summed E-state index contributed by atoms with van der Waals surface area (Å²) in [5.74, 6) is 1.80. The molecule has 112 valence electrons. The minimum atomic E-state index is 0.725. The van der Waals surface area contributed by atoms with Crippen LogP contribution in [-0.4, -0.2) is 16.5 Å². The Labute approximate surface area is 144 Å². The SMILES string of the molecule is CCCc1nc(Cc2ccc(Cl)cc2)nc(NCC)c1I. The number of benzene rings is 1. The Hall–Kier alpha value is -0.880. The average Bonchev–Trinajstić information content (AvgIpc) is 2.47. The van der Waals surface area contributed by atoms with E-state index in [0.717, 1.165) is 51.7 Å². The van der Waals surface area contributed by atoms with Gasteiger partial charge in [0.2, 0.25) is 0 Å². The molecule has 1 aromatic carbocycles. The van der Waals surface area contributed by atoms with Gasteiger partial charge in [-0.25, -0.2) is 9.97 Å². The Morgan fingerprint density at radius 3 is 2.48 bits per heavy atom. The van der Waals surface area contributed by atoms with Gasteiger partial charge in [-0.05, 0) is 53.6 Å². The average molecular weight is 416 g/mol. The highest BCUT2D eigenvalue weighted by Crippen LogP contribution is 2.22. The molecule has 1 heterocycles. The number of nitrogens with zero attached hydrogens (tertiary/aromatic N) is 2. The van der Waals surface area contributed by atoms with Crippen LogP contribution in [0.2, 0.25) is 5.02 Å². The predicted octanol–water partition coefficient (Wildman–Crippen LogP) is 4.71. The lowest BCUT2D eigenvalue weighted by molar-refractivity contribution is 0.833. The topological polar surface area (TPSA) is 37.8 Å². The lowest BCUT2D eigenvalue weighted by Crippen LogP contribution is -2.10. The number of hydrogen-bond acceptors (Lipinski definition) is 3. The maximum Gasteiger partial charge on any atom is 0.143 e. The van der Waals surface area contributed by atoms with Crippen molar-refractivity contribution in [3.8, 4) is 0 Å². The third kappa shape index (κ3) is 4.54. The van der Waals surface area contributed by atoms with Gasteiger partial charge in [0.1, 0.15) is 11.6 Å². The first-order chi connectivity index (χ1) is 10.1. The molecule has 0 saturated carbocycles. The molecule has 2 aromatic rings. The number of anilines is 1. The van der Waals surface area contributed by atoms with E-state index in [1.807, 2.05) is 24.3 Å². The normalized spacial score (nSPS) is 10.7. The highest BCUT2D eigenvalue weighted by molar-refractivity contribution is 14.1. The molecule has 21 heavy (non-hydrogen) atoms. The van der Waals surface area contributed by atoms with Gasteiger partial charge in [-0.3, -0.25) is 0 Å². The summed E-state index contributed by atoms with van der Waals surface area (Å²) < 4.78 is 1.14. The van der Waals surface area contributed by atoms with Crippen LogP contribution in [0.4, 0.5) is 5.82 Å². The molecule has 0 radical (unpaired) electrons. The Balaban J connectivity index is 2.31. The van der Waals surface area contributed by atoms with Crippen molar-refractivity contribution in [2.75, 3.05) is 11.9 Å². The quantitative estimate of drug-likeness (QED) is 0.694. The first-order valence-corrected chi connectivity index (χ1v) is 8.63. The molecule has 0 spiro atoms. The minimum absolute atomic E-state index is 0.725. The van der Waals surface area contributed by atoms with Gasteiger partial charge in [0.25, 0.3) is 0 Å². The van der Waals surface area contributed by atoms with Gasteiger partial charge < -0.3 is 5.32 Å². The lowest BCUT2D eigenvalue weighted by Gasteiger charge is -2.12. The van der Waals surface area contributed by atoms with E-state index >= 15 is 0 Å². The highest BCUT2D eigenvalue weighted by atomic mass is 127. The summed E-state index contributed by atoms with van der Waals surface area (Å²) in [5, 5.41) is 4.08. The van der Waals surface area contributed by atoms with Crippen molar-refractivity contribution in [3.63, 3.8) is 0 Å². The van der Waals surface area contributed by atoms with Crippen LogP contribution < -0.4 is 5.32 Å². The van der Waals surface area contributed by atoms with Crippen molar-refractivity contribution in [2.45, 2.75) is 33.1 Å². The fraction of sp³-hybridized carbons (Fsp3) is 0.375. The monoisotopic (exact) mass is 415 g/mol. The number of hydrogen-bond donors (Lipinski definition) is 1. The third-order valence-corrected chi connectivity index (χ3v) is 4.46. The van der Waals surface area contributed by atoms with Crippen LogP contribution in [0.1, 0.15) is 37.4 Å². The molecule has 1 aromatic heterocycles. The second-order valence-corrected chi connectivity index (χ2v) is 6.35. The highest BCUT2D eigenvalue weighted by Gasteiger charge is 2.11. The van der Waals surface area contributed by atoms with E-state index in [2.05, 4.69) is 46.7 Å². The molecule has 1 N–H and O–H groups in total. The van der Waals surface area contributed by atoms with Crippen molar-refractivity contribution in [2.24, 2.45) is 0 Å². The van der Waals surface area contributed by atoms with Gasteiger partial charge in [-0.2, -0.15) is 0 Å². The van der Waals surface area contributed by atoms with Crippen LogP contribution >= 0.6 is 34.2 Å². The summed E-state index contributed by atoms with van der Waals surface area (Å²) in [7, 11) is 0. The van der Waals surface area contributed by atoms with Crippen LogP contribution in [0, 0.1) is 3.57 Å². The Bertz CT molecular complexity index is 572. The smallest absolute Gasteiger partial charge is 0.143 e. The van der Waals surface area contributed by atoms with Crippen molar-refractivity contribution in [1.82, 2.24) is 9.97 Å². The van der Waals surface area contributed by atoms with E-state index in [0.29, 0.717) is 0 Å². The summed E-state index contributed by atoms with van der Waals surface area (Å²) in [6, 6.07) is 7.86. The van der Waals surface area contributed by atoms with E-state index in [9.17, 15) is 0 Å². The number of rotatable bonds is 6. The largest absolute Gasteiger partial charge is 0.369 e. The third-order valence-electron chi connectivity index (χ3n) is 3.07. The maximum absolute atomic E-state index is 5.93. The minimum Gasteiger partial charge on any atom is -0.369 e. The molecular formula is C16H19ClIN3. The molecule has 0 aliphatic rings. The van der Waals surface area contributed by atoms with Crippen molar-refractivity contribution < 1.29 is 0 Å². The molecular weight excluding hydrogens is 397 g/mol. The van der Waals surface area contributed by atoms with Crippen LogP contribution in [0.25, 0.3) is 0 Å². The molecule has 5 heteroatoms. The second-order valence-electron chi connectivity index (χ2n) is 4.83. The first kappa shape index (κ1) is 16.5. The molecule has 0 amide bonds. The van der Waals surface area contributed by atoms with E-state index in [1.165, 1.54) is 5.56 Å². The van der Waals surface area contributed by atoms with E-state index < -0.39 is 0 Å². The summed E-state index contributed by atoms with van der Waals surface area (Å²) in [4.78, 5) is 9.39. The molecule has 0 bridgehead atoms. The number of nitrogens with one attached hydrogen (secondary N) is 1. The zero-order valence-corrected chi connectivity index (χ0v) is 15.2. The van der Waals surface area contributed by atoms with Gasteiger partial charge in [0.05, 0.1) is 9.26 Å². The zero-order chi connectivity index (χ0) is 15.2. The first-order valence-electron chi connectivity index (χ1n) is 7.17. The van der Waals surface area contributed by atoms with Crippen molar-refractivity contribution >= 4 is 40.0 Å². The molecule has 0 unspecified atom stereocenters. The Morgan fingerprint density at radius 2 is 1.86 bits per heavy atom. The number of halogens is 2. The fourth-order valence-corrected chi connectivity index (χ4v) is 2.92. The molecule has 3 nitrogen and oxygen atoms in total. The fourth-order valence-electron chi connectivity index (χ4n) is 2.10. The summed E-state index contributed by atoms with van der Waals surface area (Å²) >= 11 is 8.26. The second kappa shape index (κ2) is 7.94. The molecule has 0 aliphatic carbocycles. The summed E-state index contributed by atoms with van der Waals surface area (Å²) in [6.07, 6.45) is 2.79. The van der Waals surface area contributed by atoms with Gasteiger partial charge in [-0.15, -0.1) is 0 Å². The van der Waals surface area contributed by atoms with Crippen LogP contribution in [0.5, 0.6) is 0 Å². The van der Waals surface area contributed by atoms with Crippen LogP contribution in [0.3, 0.4) is 0 Å². The summed E-state index contributed by atoms with van der Waals surface area (Å²) in [6.45, 7) is 5.11. The summed E-state index contributed by atoms with van der Waals surface area (Å²) in [5.41, 5.74) is 2.30. The Kier molecular flexibility index (Phi) is 6.23. The van der Waals surface area contributed by atoms with E-state index in [4.69, 9.17) is 16.6 Å². The van der Waals surface area contributed by atoms with Gasteiger partial charge in [0, 0.05) is 18.0 Å². The van der Waals surface area contributed by atoms with Crippen molar-refractivity contribution in [1.29, 1.82) is 0 Å². The van der Waals surface area contributed by atoms with Crippen LogP contribution in [-0.2, 0) is 12.8 Å². The zero-order valence-electron chi connectivity index (χ0n) is 12.3. The molecule has 0 aliphatic heterocycles.